The summed E-state index contributed by atoms with van der Waals surface area (Å²) in [5, 5.41) is 0. The van der Waals surface area contributed by atoms with Crippen molar-refractivity contribution in [1.82, 2.24) is 0 Å². The highest BCUT2D eigenvalue weighted by atomic mass is 35.5. The molecular weight excluding hydrogens is 246 g/mol. The van der Waals surface area contributed by atoms with Gasteiger partial charge in [-0.15, -0.1) is 11.6 Å². The molecule has 2 aromatic carbocycles. The van der Waals surface area contributed by atoms with Gasteiger partial charge in [-0.25, -0.2) is 0 Å². The zero-order chi connectivity index (χ0) is 12.8. The molecule has 0 radical (unpaired) electrons. The van der Waals surface area contributed by atoms with Gasteiger partial charge in [0.2, 0.25) is 0 Å². The van der Waals surface area contributed by atoms with Crippen molar-refractivity contribution in [3.63, 3.8) is 0 Å². The van der Waals surface area contributed by atoms with Gasteiger partial charge in [0, 0.05) is 17.6 Å². The second kappa shape index (κ2) is 6.31. The molecule has 18 heavy (non-hydrogen) atoms. The van der Waals surface area contributed by atoms with Gasteiger partial charge in [-0.3, -0.25) is 0 Å². The lowest BCUT2D eigenvalue weighted by Crippen LogP contribution is -1.99. The maximum Gasteiger partial charge on any atom is 0.121 e. The molecule has 0 aromatic heterocycles. The number of nitrogens with two attached hydrogens (primary N) is 1. The van der Waals surface area contributed by atoms with Gasteiger partial charge in [-0.1, -0.05) is 36.4 Å². The highest BCUT2D eigenvalue weighted by Gasteiger charge is 2.01. The number of nitrogen functional groups attached to an aromatic ring is 1. The third-order valence-corrected chi connectivity index (χ3v) is 2.92. The summed E-state index contributed by atoms with van der Waals surface area (Å²) in [6, 6.07) is 15.8. The fraction of sp³-hybridized carbons (Fsp3) is 0.200. The summed E-state index contributed by atoms with van der Waals surface area (Å²) in [7, 11) is 0. The van der Waals surface area contributed by atoms with Crippen molar-refractivity contribution in [2.24, 2.45) is 0 Å². The Labute approximate surface area is 112 Å². The minimum absolute atomic E-state index is 0.551. The summed E-state index contributed by atoms with van der Waals surface area (Å²) in [5.74, 6) is 1.36. The Hall–Kier alpha value is -1.67. The van der Waals surface area contributed by atoms with E-state index in [9.17, 15) is 0 Å². The summed E-state index contributed by atoms with van der Waals surface area (Å²) in [6.07, 6.45) is 0.784. The maximum absolute atomic E-state index is 5.94. The zero-order valence-electron chi connectivity index (χ0n) is 10.1. The van der Waals surface area contributed by atoms with Gasteiger partial charge >= 0.3 is 0 Å². The molecule has 0 spiro atoms. The van der Waals surface area contributed by atoms with Crippen molar-refractivity contribution in [2.45, 2.75) is 13.0 Å². The number of benzene rings is 2. The Kier molecular flexibility index (Phi) is 4.48. The van der Waals surface area contributed by atoms with Crippen LogP contribution in [0.3, 0.4) is 0 Å². The number of hydrogen-bond donors (Lipinski definition) is 1. The molecule has 0 atom stereocenters. The number of hydrogen-bond acceptors (Lipinski definition) is 2. The van der Waals surface area contributed by atoms with Crippen LogP contribution in [0.1, 0.15) is 11.1 Å². The van der Waals surface area contributed by atoms with Crippen LogP contribution in [0.5, 0.6) is 5.75 Å². The third kappa shape index (κ3) is 3.41. The van der Waals surface area contributed by atoms with E-state index in [0.717, 1.165) is 29.0 Å². The Morgan fingerprint density at radius 3 is 2.50 bits per heavy atom. The van der Waals surface area contributed by atoms with Gasteiger partial charge in [0.1, 0.15) is 12.4 Å². The molecule has 0 saturated carbocycles. The number of alkyl halides is 1. The van der Waals surface area contributed by atoms with E-state index in [1.807, 2.05) is 48.5 Å². The van der Waals surface area contributed by atoms with Crippen molar-refractivity contribution in [3.05, 3.63) is 59.7 Å². The Balaban J connectivity index is 2.00. The molecule has 2 aromatic rings. The highest BCUT2D eigenvalue weighted by Crippen LogP contribution is 2.21. The van der Waals surface area contributed by atoms with Crippen LogP contribution < -0.4 is 10.5 Å². The minimum Gasteiger partial charge on any atom is -0.489 e. The molecule has 0 unspecified atom stereocenters. The smallest absolute Gasteiger partial charge is 0.121 e. The van der Waals surface area contributed by atoms with Crippen LogP contribution >= 0.6 is 11.6 Å². The Morgan fingerprint density at radius 1 is 1.06 bits per heavy atom. The first-order valence-electron chi connectivity index (χ1n) is 5.90. The largest absolute Gasteiger partial charge is 0.489 e. The van der Waals surface area contributed by atoms with E-state index in [0.29, 0.717) is 12.5 Å². The molecule has 0 heterocycles. The fourth-order valence-corrected chi connectivity index (χ4v) is 1.94. The molecule has 0 aliphatic carbocycles. The second-order valence-electron chi connectivity index (χ2n) is 4.07. The summed E-state index contributed by atoms with van der Waals surface area (Å²) >= 11 is 5.70. The third-order valence-electron chi connectivity index (χ3n) is 2.73. The van der Waals surface area contributed by atoms with Crippen molar-refractivity contribution in [1.29, 1.82) is 0 Å². The van der Waals surface area contributed by atoms with Crippen LogP contribution in [0.2, 0.25) is 0 Å². The lowest BCUT2D eigenvalue weighted by Gasteiger charge is -2.09. The van der Waals surface area contributed by atoms with Crippen LogP contribution in [0.4, 0.5) is 5.69 Å². The molecular formula is C15H16ClNO. The van der Waals surface area contributed by atoms with Crippen molar-refractivity contribution in [3.8, 4) is 5.75 Å². The lowest BCUT2D eigenvalue weighted by molar-refractivity contribution is 0.306. The summed E-state index contributed by atoms with van der Waals surface area (Å²) in [5.41, 5.74) is 8.88. The number of ether oxygens (including phenoxy) is 1. The van der Waals surface area contributed by atoms with Crippen LogP contribution in [0.25, 0.3) is 0 Å². The molecule has 0 bridgehead atoms. The number of anilines is 1. The van der Waals surface area contributed by atoms with E-state index < -0.39 is 0 Å². The van der Waals surface area contributed by atoms with E-state index in [2.05, 4.69) is 0 Å². The Morgan fingerprint density at radius 2 is 1.83 bits per heavy atom. The quantitative estimate of drug-likeness (QED) is 0.659. The average molecular weight is 262 g/mol. The maximum atomic E-state index is 5.94. The fourth-order valence-electron chi connectivity index (χ4n) is 1.73. The molecule has 94 valence electrons. The SMILES string of the molecule is Nc1cc(OCc2ccccc2)ccc1CCCl. The van der Waals surface area contributed by atoms with E-state index in [-0.39, 0.29) is 0 Å². The van der Waals surface area contributed by atoms with Gasteiger partial charge in [-0.2, -0.15) is 0 Å². The predicted molar refractivity (Wildman–Crippen MR) is 76.1 cm³/mol. The first-order chi connectivity index (χ1) is 8.79. The predicted octanol–water partition coefficient (Wildman–Crippen LogP) is 3.63. The minimum atomic E-state index is 0.551. The monoisotopic (exact) mass is 261 g/mol. The molecule has 0 saturated heterocycles. The molecule has 2 nitrogen and oxygen atoms in total. The van der Waals surface area contributed by atoms with Crippen LogP contribution in [-0.2, 0) is 13.0 Å². The first-order valence-corrected chi connectivity index (χ1v) is 6.44. The van der Waals surface area contributed by atoms with E-state index in [1.165, 1.54) is 0 Å². The number of rotatable bonds is 5. The van der Waals surface area contributed by atoms with Gasteiger partial charge in [0.25, 0.3) is 0 Å². The first kappa shape index (κ1) is 12.8. The van der Waals surface area contributed by atoms with Gasteiger partial charge in [0.05, 0.1) is 0 Å². The second-order valence-corrected chi connectivity index (χ2v) is 4.45. The Bertz CT molecular complexity index is 499. The van der Waals surface area contributed by atoms with Crippen LogP contribution in [0, 0.1) is 0 Å². The lowest BCUT2D eigenvalue weighted by atomic mass is 10.1. The molecule has 0 amide bonds. The average Bonchev–Trinajstić information content (AvgIpc) is 2.41. The topological polar surface area (TPSA) is 35.2 Å². The van der Waals surface area contributed by atoms with E-state index in [4.69, 9.17) is 22.1 Å². The van der Waals surface area contributed by atoms with Crippen molar-refractivity contribution in [2.75, 3.05) is 11.6 Å². The summed E-state index contributed by atoms with van der Waals surface area (Å²) < 4.78 is 5.69. The van der Waals surface area contributed by atoms with Crippen molar-refractivity contribution >= 4 is 17.3 Å². The van der Waals surface area contributed by atoms with Crippen molar-refractivity contribution < 1.29 is 4.74 Å². The molecule has 0 aliphatic rings. The van der Waals surface area contributed by atoms with Crippen LogP contribution in [0.15, 0.2) is 48.5 Å². The zero-order valence-corrected chi connectivity index (χ0v) is 10.9. The summed E-state index contributed by atoms with van der Waals surface area (Å²) in [4.78, 5) is 0. The summed E-state index contributed by atoms with van der Waals surface area (Å²) in [6.45, 7) is 0.551. The van der Waals surface area contributed by atoms with Gasteiger partial charge in [0.15, 0.2) is 0 Å². The molecule has 3 heteroatoms. The number of halogens is 1. The molecule has 2 rings (SSSR count). The standard InChI is InChI=1S/C15H16ClNO/c16-9-8-13-6-7-14(10-15(13)17)18-11-12-4-2-1-3-5-12/h1-7,10H,8-9,11,17H2. The van der Waals surface area contributed by atoms with Gasteiger partial charge < -0.3 is 10.5 Å². The van der Waals surface area contributed by atoms with Gasteiger partial charge in [-0.05, 0) is 23.6 Å². The van der Waals surface area contributed by atoms with E-state index >= 15 is 0 Å². The van der Waals surface area contributed by atoms with E-state index in [1.54, 1.807) is 0 Å². The normalized spacial score (nSPS) is 10.3. The molecule has 0 aliphatic heterocycles. The molecule has 0 fully saturated rings. The highest BCUT2D eigenvalue weighted by molar-refractivity contribution is 6.18. The van der Waals surface area contributed by atoms with Crippen LogP contribution in [-0.4, -0.2) is 5.88 Å². The molecule has 2 N–H and O–H groups in total. The number of aryl methyl sites for hydroxylation is 1.